The van der Waals surface area contributed by atoms with Crippen LogP contribution in [0.3, 0.4) is 0 Å². The van der Waals surface area contributed by atoms with Gasteiger partial charge in [0.2, 0.25) is 0 Å². The zero-order valence-corrected chi connectivity index (χ0v) is 6.57. The lowest BCUT2D eigenvalue weighted by atomic mass is 10.2. The van der Waals surface area contributed by atoms with Gasteiger partial charge in [-0.2, -0.15) is 0 Å². The second-order valence-corrected chi connectivity index (χ2v) is 3.11. The van der Waals surface area contributed by atoms with Crippen molar-refractivity contribution < 1.29 is 0 Å². The number of nitrogens with zero attached hydrogens (tertiary/aromatic N) is 3. The number of aromatic nitrogens is 3. The van der Waals surface area contributed by atoms with Crippen molar-refractivity contribution in [3.8, 4) is 0 Å². The third-order valence-corrected chi connectivity index (χ3v) is 2.19. The highest BCUT2D eigenvalue weighted by Crippen LogP contribution is 2.17. The molecular weight excluding hydrogens is 140 g/mol. The highest BCUT2D eigenvalue weighted by atomic mass is 15.3. The summed E-state index contributed by atoms with van der Waals surface area (Å²) < 4.78 is 2.07. The lowest BCUT2D eigenvalue weighted by Crippen LogP contribution is -2.17. The second kappa shape index (κ2) is 2.62. The SMILES string of the molecule is C[C@@H]1CC(n2cnnc2)CN1. The smallest absolute Gasteiger partial charge is 0.119 e. The van der Waals surface area contributed by atoms with E-state index in [0.717, 1.165) is 6.54 Å². The molecule has 1 N–H and O–H groups in total. The summed E-state index contributed by atoms with van der Waals surface area (Å²) in [6.45, 7) is 3.24. The minimum Gasteiger partial charge on any atom is -0.316 e. The fourth-order valence-electron chi connectivity index (χ4n) is 1.54. The summed E-state index contributed by atoms with van der Waals surface area (Å²) in [7, 11) is 0. The molecule has 1 saturated heterocycles. The van der Waals surface area contributed by atoms with Gasteiger partial charge in [0.15, 0.2) is 0 Å². The van der Waals surface area contributed by atoms with E-state index in [4.69, 9.17) is 0 Å². The molecule has 4 heteroatoms. The Kier molecular flexibility index (Phi) is 1.62. The highest BCUT2D eigenvalue weighted by Gasteiger charge is 2.21. The second-order valence-electron chi connectivity index (χ2n) is 3.11. The first-order chi connectivity index (χ1) is 5.36. The Labute approximate surface area is 65.6 Å². The van der Waals surface area contributed by atoms with Crippen LogP contribution in [-0.4, -0.2) is 27.4 Å². The van der Waals surface area contributed by atoms with Gasteiger partial charge in [0.1, 0.15) is 12.7 Å². The molecule has 1 aliphatic heterocycles. The Morgan fingerprint density at radius 2 is 2.18 bits per heavy atom. The van der Waals surface area contributed by atoms with Crippen LogP contribution in [0.5, 0.6) is 0 Å². The van der Waals surface area contributed by atoms with Crippen molar-refractivity contribution in [1.82, 2.24) is 20.1 Å². The predicted molar refractivity (Wildman–Crippen MR) is 41.1 cm³/mol. The van der Waals surface area contributed by atoms with Crippen molar-refractivity contribution in [2.45, 2.75) is 25.4 Å². The molecule has 11 heavy (non-hydrogen) atoms. The van der Waals surface area contributed by atoms with Crippen molar-refractivity contribution in [3.05, 3.63) is 12.7 Å². The summed E-state index contributed by atoms with van der Waals surface area (Å²) in [6.07, 6.45) is 4.74. The molecule has 4 nitrogen and oxygen atoms in total. The van der Waals surface area contributed by atoms with Crippen LogP contribution in [0.15, 0.2) is 12.7 Å². The van der Waals surface area contributed by atoms with E-state index in [1.54, 1.807) is 12.7 Å². The van der Waals surface area contributed by atoms with Crippen LogP contribution in [0.25, 0.3) is 0 Å². The van der Waals surface area contributed by atoms with Crippen molar-refractivity contribution >= 4 is 0 Å². The minimum absolute atomic E-state index is 0.556. The minimum atomic E-state index is 0.556. The molecule has 0 bridgehead atoms. The van der Waals surface area contributed by atoms with Crippen LogP contribution in [-0.2, 0) is 0 Å². The molecular formula is C7H12N4. The molecule has 2 rings (SSSR count). The van der Waals surface area contributed by atoms with Gasteiger partial charge in [0.25, 0.3) is 0 Å². The van der Waals surface area contributed by atoms with E-state index in [1.165, 1.54) is 6.42 Å². The van der Waals surface area contributed by atoms with Crippen LogP contribution in [0.4, 0.5) is 0 Å². The normalized spacial score (nSPS) is 31.0. The largest absolute Gasteiger partial charge is 0.316 e. The number of nitrogens with one attached hydrogen (secondary N) is 1. The summed E-state index contributed by atoms with van der Waals surface area (Å²) in [6, 6.07) is 1.18. The van der Waals surface area contributed by atoms with Gasteiger partial charge in [-0.25, -0.2) is 0 Å². The Morgan fingerprint density at radius 3 is 2.73 bits per heavy atom. The Bertz CT molecular complexity index is 218. The van der Waals surface area contributed by atoms with Crippen molar-refractivity contribution in [1.29, 1.82) is 0 Å². The predicted octanol–water partition coefficient (Wildman–Crippen LogP) is 0.201. The molecule has 0 saturated carbocycles. The average Bonchev–Trinajstić information content (AvgIpc) is 2.55. The first-order valence-electron chi connectivity index (χ1n) is 3.94. The summed E-state index contributed by atoms with van der Waals surface area (Å²) in [5.41, 5.74) is 0. The molecule has 60 valence electrons. The van der Waals surface area contributed by atoms with E-state index in [-0.39, 0.29) is 0 Å². The maximum Gasteiger partial charge on any atom is 0.119 e. The topological polar surface area (TPSA) is 42.7 Å². The first-order valence-corrected chi connectivity index (χ1v) is 3.94. The molecule has 0 aliphatic carbocycles. The third kappa shape index (κ3) is 1.26. The van der Waals surface area contributed by atoms with Gasteiger partial charge in [-0.15, -0.1) is 10.2 Å². The Morgan fingerprint density at radius 1 is 1.45 bits per heavy atom. The molecule has 1 unspecified atom stereocenters. The van der Waals surface area contributed by atoms with Crippen LogP contribution >= 0.6 is 0 Å². The summed E-state index contributed by atoms with van der Waals surface area (Å²) in [5.74, 6) is 0. The molecule has 1 fully saturated rings. The molecule has 1 aromatic rings. The molecule has 1 aromatic heterocycles. The fourth-order valence-corrected chi connectivity index (χ4v) is 1.54. The van der Waals surface area contributed by atoms with Crippen LogP contribution in [0, 0.1) is 0 Å². The zero-order chi connectivity index (χ0) is 7.68. The zero-order valence-electron chi connectivity index (χ0n) is 6.57. The van der Waals surface area contributed by atoms with E-state index >= 15 is 0 Å². The third-order valence-electron chi connectivity index (χ3n) is 2.19. The maximum absolute atomic E-state index is 3.78. The molecule has 0 spiro atoms. The van der Waals surface area contributed by atoms with Gasteiger partial charge in [0, 0.05) is 18.6 Å². The van der Waals surface area contributed by atoms with E-state index in [9.17, 15) is 0 Å². The van der Waals surface area contributed by atoms with Gasteiger partial charge >= 0.3 is 0 Å². The van der Waals surface area contributed by atoms with E-state index in [2.05, 4.69) is 27.0 Å². The van der Waals surface area contributed by atoms with Crippen LogP contribution in [0.1, 0.15) is 19.4 Å². The molecule has 0 aromatic carbocycles. The lowest BCUT2D eigenvalue weighted by molar-refractivity contribution is 0.534. The van der Waals surface area contributed by atoms with Crippen molar-refractivity contribution in [2.24, 2.45) is 0 Å². The van der Waals surface area contributed by atoms with E-state index < -0.39 is 0 Å². The lowest BCUT2D eigenvalue weighted by Gasteiger charge is -2.07. The molecule has 2 heterocycles. The Balaban J connectivity index is 2.08. The fraction of sp³-hybridized carbons (Fsp3) is 0.714. The maximum atomic E-state index is 3.78. The first kappa shape index (κ1) is 6.79. The van der Waals surface area contributed by atoms with Crippen molar-refractivity contribution in [3.63, 3.8) is 0 Å². The quantitative estimate of drug-likeness (QED) is 0.625. The van der Waals surface area contributed by atoms with Gasteiger partial charge in [-0.05, 0) is 13.3 Å². The molecule has 2 atom stereocenters. The molecule has 0 amide bonds. The van der Waals surface area contributed by atoms with Crippen LogP contribution in [0.2, 0.25) is 0 Å². The van der Waals surface area contributed by atoms with Crippen molar-refractivity contribution in [2.75, 3.05) is 6.54 Å². The van der Waals surface area contributed by atoms with E-state index in [0.29, 0.717) is 12.1 Å². The summed E-state index contributed by atoms with van der Waals surface area (Å²) in [5, 5.41) is 10.9. The average molecular weight is 152 g/mol. The van der Waals surface area contributed by atoms with Gasteiger partial charge in [-0.3, -0.25) is 0 Å². The summed E-state index contributed by atoms with van der Waals surface area (Å²) in [4.78, 5) is 0. The monoisotopic (exact) mass is 152 g/mol. The standard InChI is InChI=1S/C7H12N4/c1-6-2-7(3-8-6)11-4-9-10-5-11/h4-8H,2-3H2,1H3/t6-,7?/m1/s1. The Hall–Kier alpha value is -0.900. The van der Waals surface area contributed by atoms with Gasteiger partial charge in [-0.1, -0.05) is 0 Å². The molecule has 1 aliphatic rings. The van der Waals surface area contributed by atoms with Gasteiger partial charge in [0.05, 0.1) is 0 Å². The number of hydrogen-bond acceptors (Lipinski definition) is 3. The summed E-state index contributed by atoms with van der Waals surface area (Å²) >= 11 is 0. The van der Waals surface area contributed by atoms with Gasteiger partial charge < -0.3 is 9.88 Å². The molecule has 0 radical (unpaired) electrons. The van der Waals surface area contributed by atoms with E-state index in [1.807, 2.05) is 0 Å². The highest BCUT2D eigenvalue weighted by molar-refractivity contribution is 4.84. The number of rotatable bonds is 1. The van der Waals surface area contributed by atoms with Crippen LogP contribution < -0.4 is 5.32 Å². The number of hydrogen-bond donors (Lipinski definition) is 1.